The molecule has 1 fully saturated rings. The quantitative estimate of drug-likeness (QED) is 0.585. The largest absolute Gasteiger partial charge is 0.465 e. The molecule has 0 heterocycles. The van der Waals surface area contributed by atoms with Crippen molar-refractivity contribution in [3.8, 4) is 0 Å². The monoisotopic (exact) mass is 255 g/mol. The average Bonchev–Trinajstić information content (AvgIpc) is 2.60. The van der Waals surface area contributed by atoms with Crippen LogP contribution >= 0.6 is 0 Å². The van der Waals surface area contributed by atoms with E-state index in [4.69, 9.17) is 4.74 Å². The Labute approximate surface area is 112 Å². The van der Waals surface area contributed by atoms with Crippen molar-refractivity contribution in [2.75, 3.05) is 13.2 Å². The molecule has 106 valence electrons. The standard InChI is InChI=1S/C15H29NO2/c1-4-12-16-15(14(17)18-6-3)10-7-8-13(5-2)9-11-15/h13,16H,4-12H2,1-3H3. The van der Waals surface area contributed by atoms with Crippen LogP contribution in [0.15, 0.2) is 0 Å². The topological polar surface area (TPSA) is 38.3 Å². The molecule has 1 aliphatic rings. The predicted octanol–water partition coefficient (Wildman–Crippen LogP) is 3.28. The van der Waals surface area contributed by atoms with Gasteiger partial charge in [0.15, 0.2) is 0 Å². The van der Waals surface area contributed by atoms with Crippen molar-refractivity contribution in [3.05, 3.63) is 0 Å². The van der Waals surface area contributed by atoms with E-state index in [1.807, 2.05) is 6.92 Å². The van der Waals surface area contributed by atoms with E-state index in [0.29, 0.717) is 6.61 Å². The highest BCUT2D eigenvalue weighted by Crippen LogP contribution is 2.33. The molecule has 3 nitrogen and oxygen atoms in total. The minimum Gasteiger partial charge on any atom is -0.465 e. The molecule has 1 rings (SSSR count). The van der Waals surface area contributed by atoms with Gasteiger partial charge in [-0.15, -0.1) is 0 Å². The lowest BCUT2D eigenvalue weighted by Gasteiger charge is -2.31. The van der Waals surface area contributed by atoms with E-state index in [9.17, 15) is 4.79 Å². The van der Waals surface area contributed by atoms with E-state index in [1.165, 1.54) is 12.8 Å². The first-order valence-corrected chi connectivity index (χ1v) is 7.60. The Hall–Kier alpha value is -0.570. The van der Waals surface area contributed by atoms with Crippen LogP contribution in [-0.4, -0.2) is 24.7 Å². The van der Waals surface area contributed by atoms with Gasteiger partial charge in [0, 0.05) is 0 Å². The summed E-state index contributed by atoms with van der Waals surface area (Å²) in [6.45, 7) is 7.65. The molecule has 0 aromatic rings. The van der Waals surface area contributed by atoms with Crippen molar-refractivity contribution in [1.29, 1.82) is 0 Å². The molecular weight excluding hydrogens is 226 g/mol. The highest BCUT2D eigenvalue weighted by atomic mass is 16.5. The number of carbonyl (C=O) groups is 1. The number of ether oxygens (including phenoxy) is 1. The fourth-order valence-corrected chi connectivity index (χ4v) is 2.91. The van der Waals surface area contributed by atoms with Gasteiger partial charge in [-0.2, -0.15) is 0 Å². The highest BCUT2D eigenvalue weighted by molar-refractivity contribution is 5.80. The number of nitrogens with one attached hydrogen (secondary N) is 1. The van der Waals surface area contributed by atoms with Gasteiger partial charge in [0.25, 0.3) is 0 Å². The predicted molar refractivity (Wildman–Crippen MR) is 74.5 cm³/mol. The number of carbonyl (C=O) groups excluding carboxylic acids is 1. The summed E-state index contributed by atoms with van der Waals surface area (Å²) in [6.07, 6.45) is 7.68. The van der Waals surface area contributed by atoms with E-state index in [-0.39, 0.29) is 5.97 Å². The van der Waals surface area contributed by atoms with Gasteiger partial charge in [0.1, 0.15) is 5.54 Å². The van der Waals surface area contributed by atoms with Crippen LogP contribution in [0.3, 0.4) is 0 Å². The van der Waals surface area contributed by atoms with Crippen LogP contribution in [0.25, 0.3) is 0 Å². The summed E-state index contributed by atoms with van der Waals surface area (Å²) in [5.74, 6) is 0.750. The minimum absolute atomic E-state index is 0.0322. The lowest BCUT2D eigenvalue weighted by atomic mass is 9.89. The Morgan fingerprint density at radius 1 is 1.28 bits per heavy atom. The normalized spacial score (nSPS) is 28.7. The molecule has 1 saturated carbocycles. The molecule has 0 amide bonds. The second kappa shape index (κ2) is 7.78. The van der Waals surface area contributed by atoms with Crippen molar-refractivity contribution in [2.45, 2.75) is 71.3 Å². The molecule has 0 bridgehead atoms. The summed E-state index contributed by atoms with van der Waals surface area (Å²) < 4.78 is 5.30. The van der Waals surface area contributed by atoms with Crippen molar-refractivity contribution in [3.63, 3.8) is 0 Å². The molecule has 0 radical (unpaired) electrons. The van der Waals surface area contributed by atoms with Gasteiger partial charge in [-0.25, -0.2) is 0 Å². The molecule has 0 saturated heterocycles. The summed E-state index contributed by atoms with van der Waals surface area (Å²) in [4.78, 5) is 12.3. The van der Waals surface area contributed by atoms with E-state index in [0.717, 1.165) is 44.6 Å². The third kappa shape index (κ3) is 3.98. The third-order valence-corrected chi connectivity index (χ3v) is 4.15. The van der Waals surface area contributed by atoms with Crippen LogP contribution in [0.1, 0.15) is 65.7 Å². The first-order valence-electron chi connectivity index (χ1n) is 7.60. The first kappa shape index (κ1) is 15.5. The van der Waals surface area contributed by atoms with Gasteiger partial charge >= 0.3 is 5.97 Å². The zero-order valence-electron chi connectivity index (χ0n) is 12.3. The third-order valence-electron chi connectivity index (χ3n) is 4.15. The smallest absolute Gasteiger partial charge is 0.326 e. The maximum Gasteiger partial charge on any atom is 0.326 e. The van der Waals surface area contributed by atoms with Gasteiger partial charge in [-0.1, -0.05) is 33.1 Å². The van der Waals surface area contributed by atoms with Crippen molar-refractivity contribution in [2.24, 2.45) is 5.92 Å². The summed E-state index contributed by atoms with van der Waals surface area (Å²) in [6, 6.07) is 0. The molecule has 2 atom stereocenters. The Morgan fingerprint density at radius 2 is 2.06 bits per heavy atom. The Balaban J connectivity index is 2.73. The molecule has 0 aromatic heterocycles. The summed E-state index contributed by atoms with van der Waals surface area (Å²) >= 11 is 0. The van der Waals surface area contributed by atoms with E-state index in [2.05, 4.69) is 19.2 Å². The first-order chi connectivity index (χ1) is 8.68. The van der Waals surface area contributed by atoms with E-state index in [1.54, 1.807) is 0 Å². The number of hydrogen-bond donors (Lipinski definition) is 1. The molecule has 0 aliphatic heterocycles. The fraction of sp³-hybridized carbons (Fsp3) is 0.933. The van der Waals surface area contributed by atoms with Gasteiger partial charge in [0.2, 0.25) is 0 Å². The highest BCUT2D eigenvalue weighted by Gasteiger charge is 2.40. The molecule has 3 heteroatoms. The van der Waals surface area contributed by atoms with E-state index >= 15 is 0 Å². The second-order valence-corrected chi connectivity index (χ2v) is 5.43. The van der Waals surface area contributed by atoms with Gasteiger partial charge < -0.3 is 10.1 Å². The van der Waals surface area contributed by atoms with Crippen molar-refractivity contribution < 1.29 is 9.53 Å². The zero-order valence-corrected chi connectivity index (χ0v) is 12.3. The Morgan fingerprint density at radius 3 is 2.67 bits per heavy atom. The molecule has 0 spiro atoms. The van der Waals surface area contributed by atoms with Gasteiger partial charge in [-0.05, 0) is 45.1 Å². The SMILES string of the molecule is CCCNC1(C(=O)OCC)CCCC(CC)CC1. The fourth-order valence-electron chi connectivity index (χ4n) is 2.91. The van der Waals surface area contributed by atoms with Gasteiger partial charge in [0.05, 0.1) is 6.61 Å². The van der Waals surface area contributed by atoms with Crippen LogP contribution in [0.4, 0.5) is 0 Å². The van der Waals surface area contributed by atoms with Crippen LogP contribution in [0.5, 0.6) is 0 Å². The van der Waals surface area contributed by atoms with Crippen LogP contribution in [0.2, 0.25) is 0 Å². The zero-order chi connectivity index (χ0) is 13.4. The maximum atomic E-state index is 12.3. The molecule has 1 aliphatic carbocycles. The number of hydrogen-bond acceptors (Lipinski definition) is 3. The summed E-state index contributed by atoms with van der Waals surface area (Å²) in [5.41, 5.74) is -0.407. The Kier molecular flexibility index (Phi) is 6.69. The summed E-state index contributed by atoms with van der Waals surface area (Å²) in [7, 11) is 0. The lowest BCUT2D eigenvalue weighted by molar-refractivity contribution is -0.152. The Bertz CT molecular complexity index is 255. The van der Waals surface area contributed by atoms with Gasteiger partial charge in [-0.3, -0.25) is 4.79 Å². The number of esters is 1. The maximum absolute atomic E-state index is 12.3. The summed E-state index contributed by atoms with van der Waals surface area (Å²) in [5, 5.41) is 3.48. The van der Waals surface area contributed by atoms with Crippen LogP contribution < -0.4 is 5.32 Å². The van der Waals surface area contributed by atoms with Crippen LogP contribution in [0, 0.1) is 5.92 Å². The minimum atomic E-state index is -0.407. The molecule has 1 N–H and O–H groups in total. The molecule has 2 unspecified atom stereocenters. The second-order valence-electron chi connectivity index (χ2n) is 5.43. The molecule has 18 heavy (non-hydrogen) atoms. The molecular formula is C15H29NO2. The number of rotatable bonds is 6. The van der Waals surface area contributed by atoms with Crippen molar-refractivity contribution >= 4 is 5.97 Å². The van der Waals surface area contributed by atoms with Crippen molar-refractivity contribution in [1.82, 2.24) is 5.32 Å². The van der Waals surface area contributed by atoms with E-state index < -0.39 is 5.54 Å². The molecule has 0 aromatic carbocycles. The average molecular weight is 255 g/mol. The lowest BCUT2D eigenvalue weighted by Crippen LogP contribution is -2.53. The van der Waals surface area contributed by atoms with Crippen LogP contribution in [-0.2, 0) is 9.53 Å².